The molecule has 0 aliphatic carbocycles. The number of carboxylic acids is 1. The second-order valence-electron chi connectivity index (χ2n) is 6.25. The Morgan fingerprint density at radius 3 is 2.61 bits per heavy atom. The fourth-order valence-electron chi connectivity index (χ4n) is 3.36. The van der Waals surface area contributed by atoms with Crippen molar-refractivity contribution >= 4 is 5.97 Å². The van der Waals surface area contributed by atoms with Crippen LogP contribution in [0.4, 0.5) is 0 Å². The third-order valence-electron chi connectivity index (χ3n) is 4.49. The number of aromatic nitrogens is 1. The maximum atomic E-state index is 11.6. The predicted molar refractivity (Wildman–Crippen MR) is 89.4 cm³/mol. The molecule has 1 aliphatic heterocycles. The van der Waals surface area contributed by atoms with Crippen LogP contribution >= 0.6 is 0 Å². The van der Waals surface area contributed by atoms with Crippen molar-refractivity contribution in [3.63, 3.8) is 0 Å². The molecular formula is C19H22N2O2. The number of pyridine rings is 1. The van der Waals surface area contributed by atoms with Crippen molar-refractivity contribution in [2.45, 2.75) is 38.8 Å². The molecule has 1 aromatic carbocycles. The molecule has 1 aromatic heterocycles. The number of hydrogen-bond donors (Lipinski definition) is 1. The highest BCUT2D eigenvalue weighted by Crippen LogP contribution is 2.34. The van der Waals surface area contributed by atoms with E-state index in [4.69, 9.17) is 0 Å². The molecule has 23 heavy (non-hydrogen) atoms. The summed E-state index contributed by atoms with van der Waals surface area (Å²) in [7, 11) is 0. The molecule has 0 bridgehead atoms. The molecule has 2 unspecified atom stereocenters. The van der Waals surface area contributed by atoms with E-state index >= 15 is 0 Å². The molecule has 0 spiro atoms. The van der Waals surface area contributed by atoms with Crippen LogP contribution in [0.1, 0.15) is 41.4 Å². The molecule has 1 N–H and O–H groups in total. The number of nitrogens with zero attached hydrogens (tertiary/aromatic N) is 2. The molecular weight excluding hydrogens is 288 g/mol. The lowest BCUT2D eigenvalue weighted by atomic mass is 9.99. The van der Waals surface area contributed by atoms with E-state index in [1.54, 1.807) is 0 Å². The number of carboxylic acid groups (broad SMARTS) is 1. The Morgan fingerprint density at radius 1 is 1.22 bits per heavy atom. The summed E-state index contributed by atoms with van der Waals surface area (Å²) < 4.78 is 0. The minimum atomic E-state index is -0.743. The molecule has 120 valence electrons. The normalized spacial score (nSPS) is 19.7. The Labute approximate surface area is 136 Å². The number of aryl methyl sites for hydroxylation is 2. The van der Waals surface area contributed by atoms with Crippen LogP contribution in [0.5, 0.6) is 0 Å². The van der Waals surface area contributed by atoms with Gasteiger partial charge in [-0.15, -0.1) is 0 Å². The van der Waals surface area contributed by atoms with Gasteiger partial charge in [0.05, 0.1) is 11.7 Å². The molecule has 1 fully saturated rings. The topological polar surface area (TPSA) is 53.4 Å². The van der Waals surface area contributed by atoms with Crippen LogP contribution in [-0.4, -0.2) is 33.5 Å². The minimum Gasteiger partial charge on any atom is -0.480 e. The number of likely N-dealkylation sites (tertiary alicyclic amines) is 1. The number of hydrogen-bond acceptors (Lipinski definition) is 3. The Hall–Kier alpha value is -2.20. The van der Waals surface area contributed by atoms with E-state index in [1.807, 2.05) is 25.1 Å². The van der Waals surface area contributed by atoms with Gasteiger partial charge in [-0.3, -0.25) is 14.7 Å². The number of aliphatic carboxylic acids is 1. The average Bonchev–Trinajstić information content (AvgIpc) is 2.99. The fourth-order valence-corrected chi connectivity index (χ4v) is 3.36. The van der Waals surface area contributed by atoms with Crippen molar-refractivity contribution in [3.05, 3.63) is 65.0 Å². The maximum absolute atomic E-state index is 11.6. The zero-order chi connectivity index (χ0) is 16.4. The Balaban J connectivity index is 2.06. The second kappa shape index (κ2) is 6.50. The van der Waals surface area contributed by atoms with Gasteiger partial charge in [0.15, 0.2) is 0 Å². The minimum absolute atomic E-state index is 0.112. The number of carbonyl (C=O) groups is 1. The van der Waals surface area contributed by atoms with Gasteiger partial charge in [0.25, 0.3) is 0 Å². The van der Waals surface area contributed by atoms with E-state index in [9.17, 15) is 9.90 Å². The summed E-state index contributed by atoms with van der Waals surface area (Å²) in [6, 6.07) is 13.7. The summed E-state index contributed by atoms with van der Waals surface area (Å²) in [4.78, 5) is 18.4. The largest absolute Gasteiger partial charge is 0.480 e. The first-order valence-corrected chi connectivity index (χ1v) is 8.05. The van der Waals surface area contributed by atoms with Crippen LogP contribution in [0.2, 0.25) is 0 Å². The molecule has 0 amide bonds. The zero-order valence-electron chi connectivity index (χ0n) is 13.6. The van der Waals surface area contributed by atoms with Crippen LogP contribution in [0.15, 0.2) is 42.5 Å². The van der Waals surface area contributed by atoms with Crippen molar-refractivity contribution in [2.24, 2.45) is 0 Å². The predicted octanol–water partition coefficient (Wildman–Crippen LogP) is 3.34. The molecule has 4 heteroatoms. The van der Waals surface area contributed by atoms with Gasteiger partial charge in [-0.1, -0.05) is 35.9 Å². The monoisotopic (exact) mass is 310 g/mol. The first kappa shape index (κ1) is 15.7. The lowest BCUT2D eigenvalue weighted by molar-refractivity contribution is -0.142. The zero-order valence-corrected chi connectivity index (χ0v) is 13.6. The molecule has 2 heterocycles. The van der Waals surface area contributed by atoms with Crippen LogP contribution in [-0.2, 0) is 4.79 Å². The summed E-state index contributed by atoms with van der Waals surface area (Å²) in [5, 5.41) is 9.56. The third-order valence-corrected chi connectivity index (χ3v) is 4.49. The molecule has 2 atom stereocenters. The Bertz CT molecular complexity index is 697. The van der Waals surface area contributed by atoms with E-state index in [0.717, 1.165) is 29.9 Å². The number of rotatable bonds is 4. The van der Waals surface area contributed by atoms with E-state index < -0.39 is 12.0 Å². The van der Waals surface area contributed by atoms with E-state index in [1.165, 1.54) is 5.56 Å². The Kier molecular flexibility index (Phi) is 4.44. The van der Waals surface area contributed by atoms with E-state index in [-0.39, 0.29) is 6.04 Å². The van der Waals surface area contributed by atoms with Crippen molar-refractivity contribution < 1.29 is 9.90 Å². The summed E-state index contributed by atoms with van der Waals surface area (Å²) in [5.41, 5.74) is 4.16. The first-order valence-electron chi connectivity index (χ1n) is 8.05. The average molecular weight is 310 g/mol. The maximum Gasteiger partial charge on any atom is 0.320 e. The quantitative estimate of drug-likeness (QED) is 0.941. The van der Waals surface area contributed by atoms with E-state index in [2.05, 4.69) is 41.1 Å². The molecule has 1 aliphatic rings. The Morgan fingerprint density at radius 2 is 1.96 bits per heavy atom. The van der Waals surface area contributed by atoms with Crippen molar-refractivity contribution in [2.75, 3.05) is 6.54 Å². The molecule has 3 rings (SSSR count). The standard InChI is InChI=1S/C19H22N2O2/c1-13-8-10-15(11-9-13)18(16-6-3-5-14(2)20-16)21-12-4-7-17(21)19(22)23/h3,5-6,8-11,17-18H,4,7,12H2,1-2H3,(H,22,23). The summed E-state index contributed by atoms with van der Waals surface area (Å²) in [6.07, 6.45) is 1.61. The molecule has 4 nitrogen and oxygen atoms in total. The van der Waals surface area contributed by atoms with E-state index in [0.29, 0.717) is 6.42 Å². The van der Waals surface area contributed by atoms with Crippen LogP contribution in [0.3, 0.4) is 0 Å². The van der Waals surface area contributed by atoms with Gasteiger partial charge in [-0.2, -0.15) is 0 Å². The van der Waals surface area contributed by atoms with Crippen molar-refractivity contribution in [1.29, 1.82) is 0 Å². The molecule has 0 saturated carbocycles. The lowest BCUT2D eigenvalue weighted by Crippen LogP contribution is -2.39. The summed E-state index contributed by atoms with van der Waals surface area (Å²) in [5.74, 6) is -0.743. The van der Waals surface area contributed by atoms with Gasteiger partial charge in [-0.05, 0) is 44.4 Å². The van der Waals surface area contributed by atoms with Gasteiger partial charge in [-0.25, -0.2) is 0 Å². The van der Waals surface area contributed by atoms with Gasteiger partial charge >= 0.3 is 5.97 Å². The first-order chi connectivity index (χ1) is 11.1. The summed E-state index contributed by atoms with van der Waals surface area (Å²) in [6.45, 7) is 4.80. The SMILES string of the molecule is Cc1ccc(C(c2cccc(C)n2)N2CCCC2C(=O)O)cc1. The fraction of sp³-hybridized carbons (Fsp3) is 0.368. The highest BCUT2D eigenvalue weighted by molar-refractivity contribution is 5.74. The van der Waals surface area contributed by atoms with Crippen LogP contribution in [0.25, 0.3) is 0 Å². The summed E-state index contributed by atoms with van der Waals surface area (Å²) >= 11 is 0. The second-order valence-corrected chi connectivity index (χ2v) is 6.25. The van der Waals surface area contributed by atoms with Gasteiger partial charge in [0, 0.05) is 12.2 Å². The van der Waals surface area contributed by atoms with Gasteiger partial charge < -0.3 is 5.11 Å². The highest BCUT2D eigenvalue weighted by Gasteiger charge is 2.37. The van der Waals surface area contributed by atoms with Gasteiger partial charge in [0.1, 0.15) is 6.04 Å². The van der Waals surface area contributed by atoms with Crippen LogP contribution in [0, 0.1) is 13.8 Å². The third kappa shape index (κ3) is 3.27. The molecule has 2 aromatic rings. The van der Waals surface area contributed by atoms with Gasteiger partial charge in [0.2, 0.25) is 0 Å². The smallest absolute Gasteiger partial charge is 0.320 e. The lowest BCUT2D eigenvalue weighted by Gasteiger charge is -2.31. The number of benzene rings is 1. The highest BCUT2D eigenvalue weighted by atomic mass is 16.4. The molecule has 0 radical (unpaired) electrons. The molecule has 1 saturated heterocycles. The van der Waals surface area contributed by atoms with Crippen molar-refractivity contribution in [1.82, 2.24) is 9.88 Å². The van der Waals surface area contributed by atoms with Crippen LogP contribution < -0.4 is 0 Å². The van der Waals surface area contributed by atoms with Crippen molar-refractivity contribution in [3.8, 4) is 0 Å².